The van der Waals surface area contributed by atoms with Gasteiger partial charge in [0.1, 0.15) is 6.04 Å². The summed E-state index contributed by atoms with van der Waals surface area (Å²) in [5.41, 5.74) is 0. The molecule has 0 aromatic rings. The Morgan fingerprint density at radius 3 is 2.27 bits per heavy atom. The fourth-order valence-electron chi connectivity index (χ4n) is 2.97. The van der Waals surface area contributed by atoms with Crippen molar-refractivity contribution in [3.63, 3.8) is 0 Å². The molecule has 2 bridgehead atoms. The van der Waals surface area contributed by atoms with Crippen molar-refractivity contribution >= 4 is 11.9 Å². The van der Waals surface area contributed by atoms with Crippen molar-refractivity contribution < 1.29 is 19.8 Å². The maximum Gasteiger partial charge on any atom is 0.321 e. The van der Waals surface area contributed by atoms with Gasteiger partial charge in [-0.1, -0.05) is 0 Å². The Bertz CT molecular complexity index is 283. The molecule has 15 heavy (non-hydrogen) atoms. The fraction of sp³-hybridized carbons (Fsp3) is 0.800. The minimum Gasteiger partial charge on any atom is -0.481 e. The summed E-state index contributed by atoms with van der Waals surface area (Å²) in [6, 6.07) is -0.575. The van der Waals surface area contributed by atoms with Gasteiger partial charge in [-0.15, -0.1) is 0 Å². The molecule has 0 aliphatic carbocycles. The molecule has 0 spiro atoms. The number of piperidine rings is 3. The SMILES string of the molecule is O=C(O)CC1C2CCN(CC2)C1C(=O)O. The Hall–Kier alpha value is -1.10. The first-order chi connectivity index (χ1) is 7.09. The number of aliphatic carboxylic acids is 2. The molecule has 3 rings (SSSR count). The molecule has 3 aliphatic heterocycles. The Kier molecular flexibility index (Phi) is 2.65. The van der Waals surface area contributed by atoms with Crippen LogP contribution < -0.4 is 0 Å². The summed E-state index contributed by atoms with van der Waals surface area (Å²) in [6.07, 6.45) is 1.88. The number of rotatable bonds is 3. The van der Waals surface area contributed by atoms with Gasteiger partial charge >= 0.3 is 11.9 Å². The van der Waals surface area contributed by atoms with E-state index >= 15 is 0 Å². The van der Waals surface area contributed by atoms with Gasteiger partial charge in [-0.25, -0.2) is 0 Å². The van der Waals surface area contributed by atoms with E-state index < -0.39 is 18.0 Å². The smallest absolute Gasteiger partial charge is 0.321 e. The number of nitrogens with zero attached hydrogens (tertiary/aromatic N) is 1. The van der Waals surface area contributed by atoms with E-state index in [1.165, 1.54) is 0 Å². The van der Waals surface area contributed by atoms with Gasteiger partial charge in [0.05, 0.1) is 6.42 Å². The molecule has 5 nitrogen and oxygen atoms in total. The molecule has 0 aromatic heterocycles. The molecule has 2 unspecified atom stereocenters. The molecule has 0 aromatic carbocycles. The van der Waals surface area contributed by atoms with Gasteiger partial charge in [0, 0.05) is 0 Å². The van der Waals surface area contributed by atoms with E-state index in [2.05, 4.69) is 0 Å². The molecule has 3 saturated heterocycles. The molecule has 3 fully saturated rings. The van der Waals surface area contributed by atoms with Crippen LogP contribution in [0.4, 0.5) is 0 Å². The third-order valence-electron chi connectivity index (χ3n) is 3.64. The molecule has 3 aliphatic rings. The molecule has 5 heteroatoms. The minimum atomic E-state index is -0.889. The summed E-state index contributed by atoms with van der Waals surface area (Å²) >= 11 is 0. The maximum atomic E-state index is 11.1. The normalized spacial score (nSPS) is 38.9. The number of carboxylic acids is 2. The molecular formula is C10H15NO4. The van der Waals surface area contributed by atoms with Gasteiger partial charge in [0.25, 0.3) is 0 Å². The lowest BCUT2D eigenvalue weighted by Crippen LogP contribution is -2.58. The van der Waals surface area contributed by atoms with Crippen LogP contribution in [0.1, 0.15) is 19.3 Å². The van der Waals surface area contributed by atoms with Gasteiger partial charge in [-0.05, 0) is 37.8 Å². The molecule has 0 radical (unpaired) electrons. The lowest BCUT2D eigenvalue weighted by molar-refractivity contribution is -0.155. The zero-order chi connectivity index (χ0) is 11.0. The fourth-order valence-corrected chi connectivity index (χ4v) is 2.97. The highest BCUT2D eigenvalue weighted by Crippen LogP contribution is 2.38. The second-order valence-corrected chi connectivity index (χ2v) is 4.42. The number of fused-ring (bicyclic) bond motifs is 3. The summed E-state index contributed by atoms with van der Waals surface area (Å²) in [5, 5.41) is 17.9. The van der Waals surface area contributed by atoms with Crippen molar-refractivity contribution in [1.82, 2.24) is 4.90 Å². The van der Waals surface area contributed by atoms with Crippen molar-refractivity contribution in [2.45, 2.75) is 25.3 Å². The molecule has 84 valence electrons. The Labute approximate surface area is 87.7 Å². The van der Waals surface area contributed by atoms with Crippen LogP contribution in [0, 0.1) is 11.8 Å². The first-order valence-electron chi connectivity index (χ1n) is 5.28. The lowest BCUT2D eigenvalue weighted by Gasteiger charge is -2.48. The number of hydrogen-bond acceptors (Lipinski definition) is 3. The molecule has 0 amide bonds. The van der Waals surface area contributed by atoms with Crippen LogP contribution >= 0.6 is 0 Å². The highest BCUT2D eigenvalue weighted by atomic mass is 16.4. The van der Waals surface area contributed by atoms with Gasteiger partial charge in [0.2, 0.25) is 0 Å². The van der Waals surface area contributed by atoms with Gasteiger partial charge in [-0.2, -0.15) is 0 Å². The summed E-state index contributed by atoms with van der Waals surface area (Å²) < 4.78 is 0. The van der Waals surface area contributed by atoms with E-state index in [9.17, 15) is 9.59 Å². The van der Waals surface area contributed by atoms with Crippen molar-refractivity contribution in [3.05, 3.63) is 0 Å². The summed E-state index contributed by atoms with van der Waals surface area (Å²) in [7, 11) is 0. The van der Waals surface area contributed by atoms with Crippen LogP contribution in [-0.2, 0) is 9.59 Å². The van der Waals surface area contributed by atoms with Crippen LogP contribution in [0.5, 0.6) is 0 Å². The van der Waals surface area contributed by atoms with E-state index in [1.54, 1.807) is 0 Å². The third kappa shape index (κ3) is 1.84. The van der Waals surface area contributed by atoms with Crippen molar-refractivity contribution in [3.8, 4) is 0 Å². The number of carboxylic acid groups (broad SMARTS) is 2. The highest BCUT2D eigenvalue weighted by Gasteiger charge is 2.46. The van der Waals surface area contributed by atoms with Crippen molar-refractivity contribution in [2.24, 2.45) is 11.8 Å². The predicted octanol–water partition coefficient (Wildman–Crippen LogP) is 0.256. The molecule has 0 saturated carbocycles. The van der Waals surface area contributed by atoms with Gasteiger partial charge in [-0.3, -0.25) is 14.5 Å². The average Bonchev–Trinajstić information content (AvgIpc) is 2.17. The highest BCUT2D eigenvalue weighted by molar-refractivity contribution is 5.76. The zero-order valence-corrected chi connectivity index (χ0v) is 8.43. The maximum absolute atomic E-state index is 11.1. The Morgan fingerprint density at radius 1 is 1.20 bits per heavy atom. The summed E-state index contributed by atoms with van der Waals surface area (Å²) in [5.74, 6) is -1.68. The van der Waals surface area contributed by atoms with Crippen LogP contribution in [0.2, 0.25) is 0 Å². The van der Waals surface area contributed by atoms with Crippen LogP contribution in [0.15, 0.2) is 0 Å². The lowest BCUT2D eigenvalue weighted by atomic mass is 9.72. The molecular weight excluding hydrogens is 198 g/mol. The quantitative estimate of drug-likeness (QED) is 0.703. The zero-order valence-electron chi connectivity index (χ0n) is 8.43. The Balaban J connectivity index is 2.17. The second-order valence-electron chi connectivity index (χ2n) is 4.42. The van der Waals surface area contributed by atoms with Gasteiger partial charge < -0.3 is 10.2 Å². The summed E-state index contributed by atoms with van der Waals surface area (Å²) in [6.45, 7) is 1.61. The second kappa shape index (κ2) is 3.81. The van der Waals surface area contributed by atoms with E-state index in [4.69, 9.17) is 10.2 Å². The van der Waals surface area contributed by atoms with Gasteiger partial charge in [0.15, 0.2) is 0 Å². The topological polar surface area (TPSA) is 77.8 Å². The van der Waals surface area contributed by atoms with E-state index in [0.717, 1.165) is 25.9 Å². The number of hydrogen-bond donors (Lipinski definition) is 2. The van der Waals surface area contributed by atoms with Crippen LogP contribution in [0.25, 0.3) is 0 Å². The van der Waals surface area contributed by atoms with Crippen LogP contribution in [-0.4, -0.2) is 46.2 Å². The third-order valence-corrected chi connectivity index (χ3v) is 3.64. The molecule has 3 heterocycles. The largest absolute Gasteiger partial charge is 0.481 e. The van der Waals surface area contributed by atoms with E-state index in [1.807, 2.05) is 4.90 Å². The standard InChI is InChI=1S/C10H15NO4/c12-8(13)5-7-6-1-3-11(4-2-6)9(7)10(14)15/h6-7,9H,1-5H2,(H,12,13)(H,14,15). The van der Waals surface area contributed by atoms with Crippen molar-refractivity contribution in [2.75, 3.05) is 13.1 Å². The molecule has 2 atom stereocenters. The monoisotopic (exact) mass is 213 g/mol. The van der Waals surface area contributed by atoms with E-state index in [0.29, 0.717) is 0 Å². The minimum absolute atomic E-state index is 0.0157. The number of carbonyl (C=O) groups is 2. The van der Waals surface area contributed by atoms with Crippen molar-refractivity contribution in [1.29, 1.82) is 0 Å². The first-order valence-corrected chi connectivity index (χ1v) is 5.28. The predicted molar refractivity (Wildman–Crippen MR) is 51.5 cm³/mol. The Morgan fingerprint density at radius 2 is 1.80 bits per heavy atom. The first kappa shape index (κ1) is 10.4. The average molecular weight is 213 g/mol. The molecule has 2 N–H and O–H groups in total. The van der Waals surface area contributed by atoms with E-state index in [-0.39, 0.29) is 18.3 Å². The van der Waals surface area contributed by atoms with Crippen LogP contribution in [0.3, 0.4) is 0 Å². The summed E-state index contributed by atoms with van der Waals surface area (Å²) in [4.78, 5) is 23.7.